The number of aliphatic hydroxyl groups excluding tert-OH is 17. The molecule has 23 heteroatoms. The first-order valence-corrected chi connectivity index (χ1v) is 23.5. The summed E-state index contributed by atoms with van der Waals surface area (Å²) in [5.41, 5.74) is 0. The van der Waals surface area contributed by atoms with E-state index in [1.807, 2.05) is 0 Å². The molecular formula is C43H74O23. The molecule has 16 aliphatic heterocycles. The van der Waals surface area contributed by atoms with Gasteiger partial charge in [0, 0.05) is 81.1 Å². The van der Waals surface area contributed by atoms with Gasteiger partial charge in [-0.3, -0.25) is 0 Å². The highest BCUT2D eigenvalue weighted by Crippen LogP contribution is 2.44. The standard InChI is InChI=1S/C43H74O23/c1-14-27(50)21-2-15(8-44)38(14)61-22-3-16(9-45)40(33(56)28(22)51)63-24-5-18(11-47)42(35(58)30(24)53)65-26-7-20(13-49)43(37(60)32(26)55)66-25-6-19(12-48)41(36(59)31(25)54)64-23-4-17(10-46)39(62-21)34(57)29(23)52/h14-60H,2-13H2,1H3/t14-,15-,16-,17-,18-,19-,20-,21+,22+,23+,24+,25+,26+,27-,28+,29+,30+,31+,32+,33-,34-,35-,36-,37-,38+,39-,40-,41-,42-,43-/m1/s1. The van der Waals surface area contributed by atoms with Crippen molar-refractivity contribution in [2.45, 2.75) is 186 Å². The van der Waals surface area contributed by atoms with Crippen LogP contribution in [0.2, 0.25) is 0 Å². The van der Waals surface area contributed by atoms with Crippen LogP contribution in [0.3, 0.4) is 0 Å². The number of ether oxygens (including phenoxy) is 6. The van der Waals surface area contributed by atoms with Crippen molar-refractivity contribution in [3.8, 4) is 0 Å². The fourth-order valence-electron chi connectivity index (χ4n) is 12.2. The van der Waals surface area contributed by atoms with Crippen LogP contribution in [0.15, 0.2) is 0 Å². The van der Waals surface area contributed by atoms with E-state index < -0.39 is 221 Å². The zero-order valence-corrected chi connectivity index (χ0v) is 36.9. The lowest BCUT2D eigenvalue weighted by Gasteiger charge is -2.51. The predicted octanol–water partition coefficient (Wildman–Crippen LogP) is -7.80. The zero-order chi connectivity index (χ0) is 48.0. The van der Waals surface area contributed by atoms with E-state index in [-0.39, 0.29) is 38.5 Å². The molecule has 0 radical (unpaired) electrons. The minimum absolute atomic E-state index is 0.0621. The Morgan fingerprint density at radius 3 is 0.621 bits per heavy atom. The van der Waals surface area contributed by atoms with Gasteiger partial charge in [-0.15, -0.1) is 0 Å². The Bertz CT molecular complexity index is 1230. The number of rotatable bonds is 6. The van der Waals surface area contributed by atoms with E-state index in [0.29, 0.717) is 0 Å². The van der Waals surface area contributed by atoms with Crippen LogP contribution in [0.4, 0.5) is 0 Å². The second-order valence-electron chi connectivity index (χ2n) is 20.2. The van der Waals surface area contributed by atoms with Gasteiger partial charge in [0.25, 0.3) is 0 Å². The minimum Gasteiger partial charge on any atom is -0.396 e. The fourth-order valence-corrected chi connectivity index (χ4v) is 12.2. The normalized spacial score (nSPS) is 55.4. The van der Waals surface area contributed by atoms with Gasteiger partial charge in [-0.2, -0.15) is 0 Å². The van der Waals surface area contributed by atoms with Gasteiger partial charge in [0.2, 0.25) is 0 Å². The molecular weight excluding hydrogens is 884 g/mol. The Morgan fingerprint density at radius 1 is 0.258 bits per heavy atom. The van der Waals surface area contributed by atoms with Crippen molar-refractivity contribution in [2.24, 2.45) is 41.4 Å². The SMILES string of the molecule is C[C@@H]1[C@@H](O)[C@@H]2C[C@H](CO)[C@H]1O[C@H]1C[C@H](CO)[C@@H](O[C@H]3C[C@H](CO)[C@@H](O[C@H]4C[C@H](CO)[C@@H](O[C@H]5C[C@H](CO)[C@@H](O[C@H]6C[C@H](CO)[C@@H](O2)[C@H](O)[C@H]6O)[C@H](O)[C@H]5O)[C@H](O)[C@H]4O)[C@H](O)[C@H]3O)[C@H](O)[C@H]1O. The molecule has 22 fully saturated rings. The van der Waals surface area contributed by atoms with Crippen molar-refractivity contribution in [2.75, 3.05) is 39.6 Å². The highest BCUT2D eigenvalue weighted by molar-refractivity contribution is 5.05. The average Bonchev–Trinajstić information content (AvgIpc) is 3.31. The molecule has 16 saturated heterocycles. The Labute approximate surface area is 381 Å². The topological polar surface area (TPSA) is 399 Å². The molecule has 6 saturated carbocycles. The maximum atomic E-state index is 11.6. The summed E-state index contributed by atoms with van der Waals surface area (Å²) in [6, 6.07) is 0. The highest BCUT2D eigenvalue weighted by atomic mass is 16.6. The maximum absolute atomic E-state index is 11.6. The minimum atomic E-state index is -1.80. The van der Waals surface area contributed by atoms with Crippen LogP contribution >= 0.6 is 0 Å². The Kier molecular flexibility index (Phi) is 17.8. The summed E-state index contributed by atoms with van der Waals surface area (Å²) < 4.78 is 37.2. The lowest BCUT2D eigenvalue weighted by Crippen LogP contribution is -2.65. The van der Waals surface area contributed by atoms with Gasteiger partial charge in [0.1, 0.15) is 61.0 Å². The molecule has 12 bridgehead atoms. The first-order chi connectivity index (χ1) is 31.4. The zero-order valence-electron chi connectivity index (χ0n) is 36.9. The molecule has 23 nitrogen and oxygen atoms in total. The first kappa shape index (κ1) is 52.9. The highest BCUT2D eigenvalue weighted by Gasteiger charge is 2.57. The van der Waals surface area contributed by atoms with Crippen molar-refractivity contribution < 1.29 is 115 Å². The molecule has 30 atom stereocenters. The second kappa shape index (κ2) is 22.2. The molecule has 0 aromatic heterocycles. The molecule has 384 valence electrons. The molecule has 66 heavy (non-hydrogen) atoms. The Balaban J connectivity index is 1.19. The predicted molar refractivity (Wildman–Crippen MR) is 218 cm³/mol. The summed E-state index contributed by atoms with van der Waals surface area (Å²) in [6.45, 7) is -1.97. The molecule has 6 aliphatic carbocycles. The van der Waals surface area contributed by atoms with Gasteiger partial charge in [-0.05, 0) is 38.5 Å². The third-order valence-electron chi connectivity index (χ3n) is 16.2. The Morgan fingerprint density at radius 2 is 0.424 bits per heavy atom. The smallest absolute Gasteiger partial charge is 0.109 e. The van der Waals surface area contributed by atoms with E-state index in [4.69, 9.17) is 28.4 Å². The van der Waals surface area contributed by atoms with Crippen molar-refractivity contribution >= 4 is 0 Å². The van der Waals surface area contributed by atoms with Crippen LogP contribution in [0, 0.1) is 41.4 Å². The summed E-state index contributed by atoms with van der Waals surface area (Å²) in [7, 11) is 0. The molecule has 22 aliphatic rings. The largest absolute Gasteiger partial charge is 0.396 e. The van der Waals surface area contributed by atoms with Crippen molar-refractivity contribution in [3.63, 3.8) is 0 Å². The van der Waals surface area contributed by atoms with Crippen molar-refractivity contribution in [1.29, 1.82) is 0 Å². The molecule has 0 spiro atoms. The molecule has 0 aromatic carbocycles. The van der Waals surface area contributed by atoms with Gasteiger partial charge in [0.15, 0.2) is 0 Å². The van der Waals surface area contributed by atoms with E-state index in [2.05, 4.69) is 0 Å². The monoisotopic (exact) mass is 958 g/mol. The average molecular weight is 959 g/mol. The first-order valence-electron chi connectivity index (χ1n) is 23.5. The molecule has 0 aromatic rings. The van der Waals surface area contributed by atoms with Crippen molar-refractivity contribution in [3.05, 3.63) is 0 Å². The third-order valence-corrected chi connectivity index (χ3v) is 16.2. The summed E-state index contributed by atoms with van der Waals surface area (Å²) >= 11 is 0. The summed E-state index contributed by atoms with van der Waals surface area (Å²) in [5, 5.41) is 189. The van der Waals surface area contributed by atoms with E-state index in [1.165, 1.54) is 0 Å². The molecule has 22 rings (SSSR count). The van der Waals surface area contributed by atoms with Crippen LogP contribution in [0.5, 0.6) is 0 Å². The van der Waals surface area contributed by atoms with E-state index in [9.17, 15) is 86.8 Å². The molecule has 16 heterocycles. The number of aliphatic hydroxyl groups is 17. The van der Waals surface area contributed by atoms with E-state index >= 15 is 0 Å². The summed E-state index contributed by atoms with van der Waals surface area (Å²) in [5.74, 6) is -6.36. The molecule has 0 amide bonds. The molecule has 17 N–H and O–H groups in total. The summed E-state index contributed by atoms with van der Waals surface area (Å²) in [6.07, 6.45) is -34.9. The van der Waals surface area contributed by atoms with E-state index in [0.717, 1.165) is 0 Å². The number of hydrogen-bond acceptors (Lipinski definition) is 23. The van der Waals surface area contributed by atoms with Gasteiger partial charge in [-0.1, -0.05) is 6.92 Å². The van der Waals surface area contributed by atoms with Crippen LogP contribution in [-0.2, 0) is 28.4 Å². The fraction of sp³-hybridized carbons (Fsp3) is 1.00. The quantitative estimate of drug-likeness (QED) is 0.118. The number of hydrogen-bond donors (Lipinski definition) is 17. The second-order valence-corrected chi connectivity index (χ2v) is 20.2. The lowest BCUT2D eigenvalue weighted by molar-refractivity contribution is -0.283. The van der Waals surface area contributed by atoms with Gasteiger partial charge < -0.3 is 115 Å². The van der Waals surface area contributed by atoms with Crippen LogP contribution in [0.25, 0.3) is 0 Å². The third kappa shape index (κ3) is 10.1. The van der Waals surface area contributed by atoms with Crippen LogP contribution < -0.4 is 0 Å². The van der Waals surface area contributed by atoms with E-state index in [1.54, 1.807) is 6.92 Å². The van der Waals surface area contributed by atoms with Gasteiger partial charge >= 0.3 is 0 Å². The lowest BCUT2D eigenvalue weighted by atomic mass is 9.74. The van der Waals surface area contributed by atoms with Crippen LogP contribution in [-0.4, -0.2) is 267 Å². The summed E-state index contributed by atoms with van der Waals surface area (Å²) in [4.78, 5) is 0. The van der Waals surface area contributed by atoms with Gasteiger partial charge in [-0.25, -0.2) is 0 Å². The Hall–Kier alpha value is -0.920. The van der Waals surface area contributed by atoms with Crippen LogP contribution in [0.1, 0.15) is 45.4 Å². The van der Waals surface area contributed by atoms with Gasteiger partial charge in [0.05, 0.1) is 79.4 Å². The maximum Gasteiger partial charge on any atom is 0.109 e. The van der Waals surface area contributed by atoms with Crippen molar-refractivity contribution in [1.82, 2.24) is 0 Å². The molecule has 0 unspecified atom stereocenters.